The second-order valence-corrected chi connectivity index (χ2v) is 4.80. The average Bonchev–Trinajstić information content (AvgIpc) is 2.27. The predicted octanol–water partition coefficient (Wildman–Crippen LogP) is 1.79. The molecule has 0 heterocycles. The van der Waals surface area contributed by atoms with Crippen molar-refractivity contribution in [2.45, 2.75) is 26.3 Å². The molecule has 0 aliphatic rings. The molecule has 4 nitrogen and oxygen atoms in total. The van der Waals surface area contributed by atoms with Crippen LogP contribution >= 0.6 is 0 Å². The van der Waals surface area contributed by atoms with Crippen molar-refractivity contribution >= 4 is 5.91 Å². The predicted molar refractivity (Wildman–Crippen MR) is 72.7 cm³/mol. The van der Waals surface area contributed by atoms with Crippen LogP contribution in [0.3, 0.4) is 0 Å². The Labute approximate surface area is 109 Å². The number of carbonyl (C=O) groups excluding carboxylic acids is 1. The van der Waals surface area contributed by atoms with E-state index in [0.29, 0.717) is 0 Å². The zero-order valence-electron chi connectivity index (χ0n) is 11.8. The number of ether oxygens (including phenoxy) is 1. The molecule has 0 radical (unpaired) electrons. The van der Waals surface area contributed by atoms with Gasteiger partial charge in [0.2, 0.25) is 5.91 Å². The summed E-state index contributed by atoms with van der Waals surface area (Å²) in [7, 11) is 5.09. The molecule has 0 fully saturated rings. The Kier molecular flexibility index (Phi) is 4.73. The molecular formula is C14H22N2O2. The highest BCUT2D eigenvalue weighted by atomic mass is 16.5. The van der Waals surface area contributed by atoms with E-state index in [1.807, 2.05) is 26.0 Å². The van der Waals surface area contributed by atoms with E-state index in [4.69, 9.17) is 10.5 Å². The highest BCUT2D eigenvalue weighted by Crippen LogP contribution is 2.30. The van der Waals surface area contributed by atoms with Crippen LogP contribution < -0.4 is 10.5 Å². The van der Waals surface area contributed by atoms with Gasteiger partial charge in [0.1, 0.15) is 5.75 Å². The largest absolute Gasteiger partial charge is 0.496 e. The molecule has 1 amide bonds. The maximum Gasteiger partial charge on any atom is 0.223 e. The molecule has 1 atom stereocenters. The average molecular weight is 250 g/mol. The summed E-state index contributed by atoms with van der Waals surface area (Å²) in [5, 5.41) is 0. The maximum atomic E-state index is 11.7. The van der Waals surface area contributed by atoms with Crippen LogP contribution in [0.4, 0.5) is 0 Å². The number of amides is 1. The van der Waals surface area contributed by atoms with Crippen LogP contribution in [0.25, 0.3) is 0 Å². The Bertz CT molecular complexity index is 442. The van der Waals surface area contributed by atoms with Crippen molar-refractivity contribution in [3.8, 4) is 5.75 Å². The highest BCUT2D eigenvalue weighted by Gasteiger charge is 2.18. The third-order valence-corrected chi connectivity index (χ3v) is 2.94. The summed E-state index contributed by atoms with van der Waals surface area (Å²) in [6.07, 6.45) is 0.284. The lowest BCUT2D eigenvalue weighted by molar-refractivity contribution is -0.129. The van der Waals surface area contributed by atoms with Crippen LogP contribution in [0.1, 0.15) is 29.2 Å². The van der Waals surface area contributed by atoms with E-state index in [-0.39, 0.29) is 18.4 Å². The number of benzene rings is 1. The van der Waals surface area contributed by atoms with Gasteiger partial charge in [-0.3, -0.25) is 4.79 Å². The van der Waals surface area contributed by atoms with E-state index in [1.54, 1.807) is 26.1 Å². The number of nitrogens with two attached hydrogens (primary N) is 1. The number of hydrogen-bond donors (Lipinski definition) is 1. The summed E-state index contributed by atoms with van der Waals surface area (Å²) in [5.41, 5.74) is 9.18. The molecule has 0 saturated heterocycles. The van der Waals surface area contributed by atoms with Crippen LogP contribution in [0.2, 0.25) is 0 Å². The summed E-state index contributed by atoms with van der Waals surface area (Å²) < 4.78 is 5.39. The fourth-order valence-corrected chi connectivity index (χ4v) is 2.02. The van der Waals surface area contributed by atoms with Gasteiger partial charge in [0.15, 0.2) is 0 Å². The zero-order chi connectivity index (χ0) is 13.9. The molecule has 0 aliphatic heterocycles. The van der Waals surface area contributed by atoms with Gasteiger partial charge in [-0.05, 0) is 19.4 Å². The van der Waals surface area contributed by atoms with Crippen molar-refractivity contribution in [1.82, 2.24) is 4.90 Å². The molecule has 0 aromatic heterocycles. The first-order valence-corrected chi connectivity index (χ1v) is 5.97. The number of hydrogen-bond acceptors (Lipinski definition) is 3. The molecule has 18 heavy (non-hydrogen) atoms. The van der Waals surface area contributed by atoms with Gasteiger partial charge in [0.25, 0.3) is 0 Å². The first-order valence-electron chi connectivity index (χ1n) is 5.97. The van der Waals surface area contributed by atoms with Crippen molar-refractivity contribution in [1.29, 1.82) is 0 Å². The van der Waals surface area contributed by atoms with Crippen molar-refractivity contribution < 1.29 is 9.53 Å². The normalized spacial score (nSPS) is 12.1. The standard InChI is InChI=1S/C14H22N2O2/c1-9-6-10(2)14(18-5)11(7-9)12(15)8-13(17)16(3)4/h6-7,12H,8,15H2,1-5H3. The Balaban J connectivity index is 3.04. The molecule has 2 N–H and O–H groups in total. The van der Waals surface area contributed by atoms with Crippen molar-refractivity contribution in [2.24, 2.45) is 5.73 Å². The number of carbonyl (C=O) groups is 1. The lowest BCUT2D eigenvalue weighted by Crippen LogP contribution is -2.26. The van der Waals surface area contributed by atoms with Gasteiger partial charge in [-0.25, -0.2) is 0 Å². The van der Waals surface area contributed by atoms with Gasteiger partial charge in [-0.2, -0.15) is 0 Å². The number of nitrogens with zero attached hydrogens (tertiary/aromatic N) is 1. The second-order valence-electron chi connectivity index (χ2n) is 4.80. The first-order chi connectivity index (χ1) is 8.36. The summed E-state index contributed by atoms with van der Waals surface area (Å²) >= 11 is 0. The van der Waals surface area contributed by atoms with Gasteiger partial charge >= 0.3 is 0 Å². The van der Waals surface area contributed by atoms with Crippen LogP contribution in [-0.2, 0) is 4.79 Å². The highest BCUT2D eigenvalue weighted by molar-refractivity contribution is 5.76. The van der Waals surface area contributed by atoms with Crippen LogP contribution in [0.15, 0.2) is 12.1 Å². The Morgan fingerprint density at radius 2 is 2.00 bits per heavy atom. The van der Waals surface area contributed by atoms with Crippen molar-refractivity contribution in [3.05, 3.63) is 28.8 Å². The summed E-state index contributed by atoms with van der Waals surface area (Å²) in [6, 6.07) is 3.69. The van der Waals surface area contributed by atoms with E-state index in [0.717, 1.165) is 22.4 Å². The molecule has 0 aliphatic carbocycles. The topological polar surface area (TPSA) is 55.6 Å². The fourth-order valence-electron chi connectivity index (χ4n) is 2.02. The minimum Gasteiger partial charge on any atom is -0.496 e. The zero-order valence-corrected chi connectivity index (χ0v) is 11.8. The third-order valence-electron chi connectivity index (χ3n) is 2.94. The molecule has 1 aromatic rings. The van der Waals surface area contributed by atoms with Gasteiger partial charge < -0.3 is 15.4 Å². The SMILES string of the molecule is COc1c(C)cc(C)cc1C(N)CC(=O)N(C)C. The van der Waals surface area contributed by atoms with Crippen LogP contribution in [0.5, 0.6) is 5.75 Å². The van der Waals surface area contributed by atoms with E-state index >= 15 is 0 Å². The van der Waals surface area contributed by atoms with Crippen LogP contribution in [-0.4, -0.2) is 32.0 Å². The Morgan fingerprint density at radius 3 is 2.50 bits per heavy atom. The monoisotopic (exact) mass is 250 g/mol. The second kappa shape index (κ2) is 5.87. The lowest BCUT2D eigenvalue weighted by Gasteiger charge is -2.19. The van der Waals surface area contributed by atoms with Gasteiger partial charge in [0, 0.05) is 32.1 Å². The summed E-state index contributed by atoms with van der Waals surface area (Å²) in [5.74, 6) is 0.795. The summed E-state index contributed by atoms with van der Waals surface area (Å²) in [6.45, 7) is 3.99. The molecule has 1 unspecified atom stereocenters. The maximum absolute atomic E-state index is 11.7. The van der Waals surface area contributed by atoms with E-state index in [9.17, 15) is 4.79 Å². The molecule has 1 aromatic carbocycles. The minimum absolute atomic E-state index is 0.0173. The van der Waals surface area contributed by atoms with E-state index < -0.39 is 0 Å². The molecular weight excluding hydrogens is 228 g/mol. The molecule has 0 bridgehead atoms. The molecule has 100 valence electrons. The quantitative estimate of drug-likeness (QED) is 0.886. The molecule has 0 saturated carbocycles. The summed E-state index contributed by atoms with van der Waals surface area (Å²) in [4.78, 5) is 13.3. The molecule has 0 spiro atoms. The van der Waals surface area contributed by atoms with Gasteiger partial charge in [-0.15, -0.1) is 0 Å². The Hall–Kier alpha value is -1.55. The Morgan fingerprint density at radius 1 is 1.39 bits per heavy atom. The van der Waals surface area contributed by atoms with E-state index in [1.165, 1.54) is 0 Å². The molecule has 1 rings (SSSR count). The first kappa shape index (κ1) is 14.5. The van der Waals surface area contributed by atoms with Crippen molar-refractivity contribution in [3.63, 3.8) is 0 Å². The van der Waals surface area contributed by atoms with Crippen molar-refractivity contribution in [2.75, 3.05) is 21.2 Å². The molecule has 4 heteroatoms. The lowest BCUT2D eigenvalue weighted by atomic mass is 9.98. The smallest absolute Gasteiger partial charge is 0.223 e. The van der Waals surface area contributed by atoms with Gasteiger partial charge in [-0.1, -0.05) is 17.7 Å². The fraction of sp³-hybridized carbons (Fsp3) is 0.500. The van der Waals surface area contributed by atoms with Gasteiger partial charge in [0.05, 0.1) is 7.11 Å². The van der Waals surface area contributed by atoms with Crippen LogP contribution in [0, 0.1) is 13.8 Å². The third kappa shape index (κ3) is 3.23. The number of rotatable bonds is 4. The van der Waals surface area contributed by atoms with E-state index in [2.05, 4.69) is 0 Å². The number of methoxy groups -OCH3 is 1. The minimum atomic E-state index is -0.339. The number of aryl methyl sites for hydroxylation is 2.